The largest absolute Gasteiger partial charge is 0.360 e. The molecule has 1 aromatic carbocycles. The van der Waals surface area contributed by atoms with E-state index in [9.17, 15) is 13.2 Å². The maximum absolute atomic E-state index is 13.4. The third-order valence-electron chi connectivity index (χ3n) is 6.99. The number of carbonyl (C=O) groups excluding carboxylic acids is 1. The molecule has 1 amide bonds. The molecule has 176 valence electrons. The molecule has 3 aromatic rings. The zero-order valence-electron chi connectivity index (χ0n) is 19.3. The number of rotatable bonds is 3. The van der Waals surface area contributed by atoms with E-state index >= 15 is 0 Å². The molecule has 1 aliphatic carbocycles. The number of carbonyl (C=O) groups is 1. The number of aromatic nitrogens is 2. The van der Waals surface area contributed by atoms with Crippen LogP contribution in [0.4, 0.5) is 0 Å². The number of nitrogens with zero attached hydrogens (tertiary/aromatic N) is 3. The van der Waals surface area contributed by atoms with E-state index in [1.54, 1.807) is 18.7 Å². The molecule has 0 radical (unpaired) electrons. The van der Waals surface area contributed by atoms with Crippen LogP contribution in [0.2, 0.25) is 0 Å². The average Bonchev–Trinajstić information content (AvgIpc) is 3.19. The Morgan fingerprint density at radius 3 is 2.76 bits per heavy atom. The zero-order valence-corrected chi connectivity index (χ0v) is 20.2. The number of aryl methyl sites for hydroxylation is 3. The van der Waals surface area contributed by atoms with Crippen molar-refractivity contribution in [3.63, 3.8) is 0 Å². The van der Waals surface area contributed by atoms with Crippen molar-refractivity contribution >= 4 is 26.8 Å². The summed E-state index contributed by atoms with van der Waals surface area (Å²) in [6.45, 7) is 6.99. The molecule has 2 aliphatic rings. The summed E-state index contributed by atoms with van der Waals surface area (Å²) in [6, 6.07) is 5.88. The van der Waals surface area contributed by atoms with Gasteiger partial charge in [-0.3, -0.25) is 4.79 Å². The summed E-state index contributed by atoms with van der Waals surface area (Å²) >= 11 is 0. The molecular weight excluding hydrogens is 440 g/mol. The van der Waals surface area contributed by atoms with Crippen LogP contribution in [-0.2, 0) is 22.9 Å². The van der Waals surface area contributed by atoms with Crippen LogP contribution in [0.25, 0.3) is 10.9 Å². The van der Waals surface area contributed by atoms with Crippen LogP contribution in [0.3, 0.4) is 0 Å². The summed E-state index contributed by atoms with van der Waals surface area (Å²) < 4.78 is 32.9. The SMILES string of the molecule is Cc1noc(C)c1S(=O)(=O)N1CCCN(C(=O)c2ccc3[nH]c4c(c3c2)C[C@@H](C)CC4)CC1. The Balaban J connectivity index is 1.36. The number of fused-ring (bicyclic) bond motifs is 3. The van der Waals surface area contributed by atoms with Gasteiger partial charge in [-0.15, -0.1) is 0 Å². The molecule has 33 heavy (non-hydrogen) atoms. The van der Waals surface area contributed by atoms with E-state index in [2.05, 4.69) is 17.1 Å². The summed E-state index contributed by atoms with van der Waals surface area (Å²) in [7, 11) is -3.72. The van der Waals surface area contributed by atoms with Gasteiger partial charge < -0.3 is 14.4 Å². The van der Waals surface area contributed by atoms with Gasteiger partial charge in [0.1, 0.15) is 10.6 Å². The number of nitrogens with one attached hydrogen (secondary N) is 1. The fourth-order valence-corrected chi connectivity index (χ4v) is 6.98. The fraction of sp³-hybridized carbons (Fsp3) is 0.500. The Morgan fingerprint density at radius 2 is 2.00 bits per heavy atom. The third kappa shape index (κ3) is 3.87. The first-order valence-corrected chi connectivity index (χ1v) is 13.1. The lowest BCUT2D eigenvalue weighted by Crippen LogP contribution is -2.37. The normalized spacial score (nSPS) is 20.1. The van der Waals surface area contributed by atoms with Crippen molar-refractivity contribution < 1.29 is 17.7 Å². The average molecular weight is 471 g/mol. The molecule has 8 nitrogen and oxygen atoms in total. The Labute approximate surface area is 194 Å². The molecule has 2 aromatic heterocycles. The molecule has 1 fully saturated rings. The summed E-state index contributed by atoms with van der Waals surface area (Å²) in [5, 5.41) is 4.93. The van der Waals surface area contributed by atoms with Gasteiger partial charge >= 0.3 is 0 Å². The number of hydrogen-bond donors (Lipinski definition) is 1. The van der Waals surface area contributed by atoms with E-state index in [-0.39, 0.29) is 17.3 Å². The predicted octanol–water partition coefficient (Wildman–Crippen LogP) is 3.43. The van der Waals surface area contributed by atoms with Crippen molar-refractivity contribution in [3.8, 4) is 0 Å². The van der Waals surface area contributed by atoms with Gasteiger partial charge in [0.25, 0.3) is 5.91 Å². The van der Waals surface area contributed by atoms with Gasteiger partial charge in [-0.1, -0.05) is 12.1 Å². The first kappa shape index (κ1) is 22.2. The number of amides is 1. The van der Waals surface area contributed by atoms with Crippen LogP contribution in [0.15, 0.2) is 27.6 Å². The highest BCUT2D eigenvalue weighted by Crippen LogP contribution is 2.32. The Morgan fingerprint density at radius 1 is 1.18 bits per heavy atom. The van der Waals surface area contributed by atoms with Crippen LogP contribution in [0.5, 0.6) is 0 Å². The van der Waals surface area contributed by atoms with Crippen LogP contribution >= 0.6 is 0 Å². The Bertz CT molecular complexity index is 1300. The summed E-state index contributed by atoms with van der Waals surface area (Å²) in [5.41, 5.74) is 4.73. The van der Waals surface area contributed by atoms with Crippen molar-refractivity contribution in [1.29, 1.82) is 0 Å². The van der Waals surface area contributed by atoms with Gasteiger partial charge in [0.05, 0.1) is 0 Å². The van der Waals surface area contributed by atoms with E-state index in [4.69, 9.17) is 4.52 Å². The van der Waals surface area contributed by atoms with Gasteiger partial charge in [0, 0.05) is 48.3 Å². The summed E-state index contributed by atoms with van der Waals surface area (Å²) in [5.74, 6) is 0.890. The molecular formula is C24H30N4O4S. The lowest BCUT2D eigenvalue weighted by molar-refractivity contribution is 0.0764. The molecule has 1 aliphatic heterocycles. The Hall–Kier alpha value is -2.65. The maximum atomic E-state index is 13.4. The molecule has 1 N–H and O–H groups in total. The summed E-state index contributed by atoms with van der Waals surface area (Å²) in [6.07, 6.45) is 3.85. The van der Waals surface area contributed by atoms with Gasteiger partial charge in [-0.05, 0) is 69.2 Å². The van der Waals surface area contributed by atoms with Gasteiger partial charge in [0.15, 0.2) is 5.76 Å². The van der Waals surface area contributed by atoms with E-state index in [1.807, 2.05) is 18.2 Å². The number of aromatic amines is 1. The molecule has 0 saturated carbocycles. The minimum atomic E-state index is -3.72. The van der Waals surface area contributed by atoms with Gasteiger partial charge in [-0.25, -0.2) is 8.42 Å². The Kier molecular flexibility index (Phi) is 5.56. The highest BCUT2D eigenvalue weighted by molar-refractivity contribution is 7.89. The maximum Gasteiger partial charge on any atom is 0.253 e. The topological polar surface area (TPSA) is 99.5 Å². The van der Waals surface area contributed by atoms with Crippen molar-refractivity contribution in [2.45, 2.75) is 51.3 Å². The van der Waals surface area contributed by atoms with E-state index in [1.165, 1.54) is 22.0 Å². The standard InChI is InChI=1S/C24H30N4O4S/c1-15-5-7-21-19(13-15)20-14-18(6-8-22(20)25-21)24(29)27-9-4-10-28(12-11-27)33(30,31)23-16(2)26-32-17(23)3/h6,8,14-15,25H,4-5,7,9-13H2,1-3H3/t15-/m0/s1. The van der Waals surface area contributed by atoms with Crippen molar-refractivity contribution in [2.24, 2.45) is 5.92 Å². The third-order valence-corrected chi connectivity index (χ3v) is 9.13. The highest BCUT2D eigenvalue weighted by atomic mass is 32.2. The summed E-state index contributed by atoms with van der Waals surface area (Å²) in [4.78, 5) is 18.8. The van der Waals surface area contributed by atoms with Crippen molar-refractivity contribution in [1.82, 2.24) is 19.3 Å². The second-order valence-electron chi connectivity index (χ2n) is 9.39. The van der Waals surface area contributed by atoms with E-state index in [0.29, 0.717) is 49.0 Å². The molecule has 0 spiro atoms. The van der Waals surface area contributed by atoms with Crippen LogP contribution in [0, 0.1) is 19.8 Å². The quantitative estimate of drug-likeness (QED) is 0.632. The number of benzene rings is 1. The number of hydrogen-bond acceptors (Lipinski definition) is 5. The van der Waals surface area contributed by atoms with Gasteiger partial charge in [-0.2, -0.15) is 4.31 Å². The highest BCUT2D eigenvalue weighted by Gasteiger charge is 2.33. The van der Waals surface area contributed by atoms with Crippen molar-refractivity contribution in [3.05, 3.63) is 46.5 Å². The first-order chi connectivity index (χ1) is 15.8. The number of sulfonamides is 1. The van der Waals surface area contributed by atoms with Gasteiger partial charge in [0.2, 0.25) is 10.0 Å². The monoisotopic (exact) mass is 470 g/mol. The predicted molar refractivity (Wildman–Crippen MR) is 125 cm³/mol. The first-order valence-electron chi connectivity index (χ1n) is 11.6. The molecule has 0 unspecified atom stereocenters. The molecule has 9 heteroatoms. The minimum absolute atomic E-state index is 0.0488. The zero-order chi connectivity index (χ0) is 23.3. The van der Waals surface area contributed by atoms with E-state index in [0.717, 1.165) is 23.7 Å². The smallest absolute Gasteiger partial charge is 0.253 e. The van der Waals surface area contributed by atoms with Crippen LogP contribution < -0.4 is 0 Å². The second-order valence-corrected chi connectivity index (χ2v) is 11.3. The lowest BCUT2D eigenvalue weighted by atomic mass is 9.87. The lowest BCUT2D eigenvalue weighted by Gasteiger charge is -2.22. The molecule has 1 atom stereocenters. The fourth-order valence-electron chi connectivity index (χ4n) is 5.22. The van der Waals surface area contributed by atoms with E-state index < -0.39 is 10.0 Å². The molecule has 0 bridgehead atoms. The molecule has 1 saturated heterocycles. The molecule has 5 rings (SSSR count). The number of H-pyrrole nitrogens is 1. The van der Waals surface area contributed by atoms with Crippen molar-refractivity contribution in [2.75, 3.05) is 26.2 Å². The second kappa shape index (κ2) is 8.29. The minimum Gasteiger partial charge on any atom is -0.360 e. The van der Waals surface area contributed by atoms with Crippen LogP contribution in [-0.4, -0.2) is 59.8 Å². The van der Waals surface area contributed by atoms with Crippen LogP contribution in [0.1, 0.15) is 52.8 Å². The molecule has 3 heterocycles.